The maximum Gasteiger partial charge on any atom is 0.414 e. The summed E-state index contributed by atoms with van der Waals surface area (Å²) in [5.41, 5.74) is -0.894. The van der Waals surface area contributed by atoms with Crippen molar-refractivity contribution in [3.8, 4) is 0 Å². The Morgan fingerprint density at radius 3 is 2.69 bits per heavy atom. The quantitative estimate of drug-likeness (QED) is 0.765. The Labute approximate surface area is 106 Å². The van der Waals surface area contributed by atoms with Gasteiger partial charge in [-0.2, -0.15) is 0 Å². The van der Waals surface area contributed by atoms with E-state index in [1.807, 2.05) is 22.6 Å². The van der Waals surface area contributed by atoms with Crippen LogP contribution in [-0.4, -0.2) is 21.7 Å². The third kappa shape index (κ3) is 4.17. The summed E-state index contributed by atoms with van der Waals surface area (Å²) in [6, 6.07) is 0. The first kappa shape index (κ1) is 12.9. The third-order valence-corrected chi connectivity index (χ3v) is 2.14. The Hall–Kier alpha value is -1.12. The molecule has 0 spiro atoms. The molecule has 0 aliphatic heterocycles. The van der Waals surface area contributed by atoms with Crippen molar-refractivity contribution < 1.29 is 9.53 Å². The van der Waals surface area contributed by atoms with Crippen LogP contribution in [0.1, 0.15) is 20.8 Å². The second-order valence-electron chi connectivity index (χ2n) is 4.04. The Morgan fingerprint density at radius 2 is 2.19 bits per heavy atom. The molecule has 0 saturated heterocycles. The molecule has 1 aromatic heterocycles. The van der Waals surface area contributed by atoms with Crippen LogP contribution in [0.15, 0.2) is 11.0 Å². The van der Waals surface area contributed by atoms with Crippen LogP contribution in [0.3, 0.4) is 0 Å². The van der Waals surface area contributed by atoms with Crippen LogP contribution < -0.4 is 10.9 Å². The fourth-order valence-corrected chi connectivity index (χ4v) is 1.12. The van der Waals surface area contributed by atoms with Gasteiger partial charge in [0, 0.05) is 6.20 Å². The molecule has 0 radical (unpaired) electrons. The van der Waals surface area contributed by atoms with E-state index in [-0.39, 0.29) is 11.5 Å². The molecule has 0 aliphatic carbocycles. The van der Waals surface area contributed by atoms with Crippen molar-refractivity contribution in [2.24, 2.45) is 0 Å². The molecule has 0 saturated carbocycles. The molecule has 1 heterocycles. The van der Waals surface area contributed by atoms with E-state index in [1.165, 1.54) is 6.20 Å². The van der Waals surface area contributed by atoms with Crippen molar-refractivity contribution in [3.63, 3.8) is 0 Å². The largest absolute Gasteiger partial charge is 0.444 e. The van der Waals surface area contributed by atoms with Gasteiger partial charge < -0.3 is 4.74 Å². The highest BCUT2D eigenvalue weighted by Gasteiger charge is 2.16. The molecule has 0 fully saturated rings. The van der Waals surface area contributed by atoms with E-state index in [4.69, 9.17) is 4.74 Å². The Bertz CT molecular complexity index is 450. The number of halogens is 1. The van der Waals surface area contributed by atoms with E-state index >= 15 is 0 Å². The van der Waals surface area contributed by atoms with E-state index < -0.39 is 11.7 Å². The highest BCUT2D eigenvalue weighted by molar-refractivity contribution is 14.1. The Balaban J connectivity index is 2.71. The summed E-state index contributed by atoms with van der Waals surface area (Å²) in [4.78, 5) is 28.8. The maximum absolute atomic E-state index is 11.3. The zero-order valence-electron chi connectivity index (χ0n) is 9.13. The molecule has 7 heteroatoms. The average Bonchev–Trinajstić information content (AvgIpc) is 2.08. The van der Waals surface area contributed by atoms with Gasteiger partial charge in [-0.1, -0.05) is 0 Å². The topological polar surface area (TPSA) is 84.1 Å². The van der Waals surface area contributed by atoms with Gasteiger partial charge in [0.1, 0.15) is 5.60 Å². The van der Waals surface area contributed by atoms with Gasteiger partial charge >= 0.3 is 6.09 Å². The standard InChI is InChI=1S/C9H12IN3O3/c1-9(2,3)16-8(15)13-7-11-4-5(10)6(14)12-7/h4H,1-3H3,(H2,11,12,13,14,15). The summed E-state index contributed by atoms with van der Waals surface area (Å²) in [5.74, 6) is 0.0691. The van der Waals surface area contributed by atoms with Crippen molar-refractivity contribution in [1.29, 1.82) is 0 Å². The van der Waals surface area contributed by atoms with Crippen molar-refractivity contribution in [2.45, 2.75) is 26.4 Å². The van der Waals surface area contributed by atoms with Crippen LogP contribution in [0.25, 0.3) is 0 Å². The van der Waals surface area contributed by atoms with Gasteiger partial charge in [0.2, 0.25) is 5.95 Å². The second-order valence-corrected chi connectivity index (χ2v) is 5.20. The molecular weight excluding hydrogens is 325 g/mol. The third-order valence-electron chi connectivity index (χ3n) is 1.38. The molecular formula is C9H12IN3O3. The number of anilines is 1. The first-order valence-electron chi connectivity index (χ1n) is 4.53. The van der Waals surface area contributed by atoms with Gasteiger partial charge in [-0.3, -0.25) is 15.1 Å². The maximum atomic E-state index is 11.3. The summed E-state index contributed by atoms with van der Waals surface area (Å²) in [5, 5.41) is 2.34. The van der Waals surface area contributed by atoms with E-state index in [9.17, 15) is 9.59 Å². The lowest BCUT2D eigenvalue weighted by Crippen LogP contribution is -2.28. The number of carbonyl (C=O) groups is 1. The van der Waals surface area contributed by atoms with Crippen LogP contribution in [-0.2, 0) is 4.74 Å². The number of carbonyl (C=O) groups excluding carboxylic acids is 1. The molecule has 2 N–H and O–H groups in total. The fourth-order valence-electron chi connectivity index (χ4n) is 0.843. The van der Waals surface area contributed by atoms with Gasteiger partial charge in [-0.25, -0.2) is 9.78 Å². The number of rotatable bonds is 1. The minimum atomic E-state index is -0.656. The van der Waals surface area contributed by atoms with Crippen molar-refractivity contribution >= 4 is 34.6 Å². The lowest BCUT2D eigenvalue weighted by molar-refractivity contribution is 0.0634. The molecule has 0 atom stereocenters. The van der Waals surface area contributed by atoms with Crippen molar-refractivity contribution in [1.82, 2.24) is 9.97 Å². The van der Waals surface area contributed by atoms with Gasteiger partial charge in [0.05, 0.1) is 3.57 Å². The Kier molecular flexibility index (Phi) is 3.89. The van der Waals surface area contributed by atoms with Gasteiger partial charge in [0.25, 0.3) is 5.56 Å². The number of hydrogen-bond acceptors (Lipinski definition) is 4. The normalized spacial score (nSPS) is 11.0. The molecule has 0 aromatic carbocycles. The predicted molar refractivity (Wildman–Crippen MR) is 67.4 cm³/mol. The zero-order valence-corrected chi connectivity index (χ0v) is 11.3. The van der Waals surface area contributed by atoms with E-state index in [0.29, 0.717) is 3.57 Å². The number of nitrogens with one attached hydrogen (secondary N) is 2. The monoisotopic (exact) mass is 337 g/mol. The van der Waals surface area contributed by atoms with Gasteiger partial charge in [-0.15, -0.1) is 0 Å². The molecule has 1 amide bonds. The first-order chi connectivity index (χ1) is 7.28. The average molecular weight is 337 g/mol. The number of amides is 1. The summed E-state index contributed by atoms with van der Waals surface area (Å²) in [6.07, 6.45) is 0.711. The van der Waals surface area contributed by atoms with Gasteiger partial charge in [0.15, 0.2) is 0 Å². The minimum absolute atomic E-state index is 0.0691. The molecule has 0 bridgehead atoms. The number of nitrogens with zero attached hydrogens (tertiary/aromatic N) is 1. The van der Waals surface area contributed by atoms with E-state index in [1.54, 1.807) is 20.8 Å². The van der Waals surface area contributed by atoms with Gasteiger partial charge in [-0.05, 0) is 43.4 Å². The lowest BCUT2D eigenvalue weighted by Gasteiger charge is -2.19. The first-order valence-corrected chi connectivity index (χ1v) is 5.60. The summed E-state index contributed by atoms with van der Waals surface area (Å²) < 4.78 is 5.45. The van der Waals surface area contributed by atoms with Crippen molar-refractivity contribution in [2.75, 3.05) is 5.32 Å². The number of ether oxygens (including phenoxy) is 1. The van der Waals surface area contributed by atoms with E-state index in [0.717, 1.165) is 0 Å². The second kappa shape index (κ2) is 4.81. The molecule has 6 nitrogen and oxygen atoms in total. The van der Waals surface area contributed by atoms with Crippen LogP contribution in [0, 0.1) is 3.57 Å². The smallest absolute Gasteiger partial charge is 0.414 e. The number of aromatic amines is 1. The number of hydrogen-bond donors (Lipinski definition) is 2. The molecule has 16 heavy (non-hydrogen) atoms. The number of aromatic nitrogens is 2. The Morgan fingerprint density at radius 1 is 1.56 bits per heavy atom. The van der Waals surface area contributed by atoms with E-state index in [2.05, 4.69) is 15.3 Å². The molecule has 1 rings (SSSR count). The van der Waals surface area contributed by atoms with Crippen LogP contribution in [0.5, 0.6) is 0 Å². The molecule has 1 aromatic rings. The molecule has 88 valence electrons. The summed E-state index contributed by atoms with van der Waals surface area (Å²) in [7, 11) is 0. The molecule has 0 aliphatic rings. The van der Waals surface area contributed by atoms with Crippen LogP contribution >= 0.6 is 22.6 Å². The summed E-state index contributed by atoms with van der Waals surface area (Å²) in [6.45, 7) is 5.24. The lowest BCUT2D eigenvalue weighted by atomic mass is 10.2. The molecule has 0 unspecified atom stereocenters. The summed E-state index contributed by atoms with van der Waals surface area (Å²) >= 11 is 1.85. The van der Waals surface area contributed by atoms with Crippen molar-refractivity contribution in [3.05, 3.63) is 20.1 Å². The number of H-pyrrole nitrogens is 1. The van der Waals surface area contributed by atoms with Crippen LogP contribution in [0.4, 0.5) is 10.7 Å². The highest BCUT2D eigenvalue weighted by atomic mass is 127. The zero-order chi connectivity index (χ0) is 12.3. The SMILES string of the molecule is CC(C)(C)OC(=O)Nc1ncc(I)c(=O)[nH]1. The fraction of sp³-hybridized carbons (Fsp3) is 0.444. The van der Waals surface area contributed by atoms with Crippen LogP contribution in [0.2, 0.25) is 0 Å². The minimum Gasteiger partial charge on any atom is -0.444 e. The predicted octanol–water partition coefficient (Wildman–Crippen LogP) is 1.72. The highest BCUT2D eigenvalue weighted by Crippen LogP contribution is 2.08.